The van der Waals surface area contributed by atoms with Crippen LogP contribution in [0, 0.1) is 0 Å². The fourth-order valence-corrected chi connectivity index (χ4v) is 2.42. The van der Waals surface area contributed by atoms with Gasteiger partial charge in [-0.25, -0.2) is 9.59 Å². The molecule has 0 fully saturated rings. The second-order valence-corrected chi connectivity index (χ2v) is 5.54. The summed E-state index contributed by atoms with van der Waals surface area (Å²) in [4.78, 5) is 34.5. The number of carboxylic acids is 2. The average molecular weight is 386 g/mol. The van der Waals surface area contributed by atoms with Gasteiger partial charge in [0.15, 0.2) is 0 Å². The molecule has 1 aromatic heterocycles. The van der Waals surface area contributed by atoms with Crippen molar-refractivity contribution in [1.29, 1.82) is 0 Å². The zero-order chi connectivity index (χ0) is 19.4. The van der Waals surface area contributed by atoms with E-state index < -0.39 is 11.9 Å². The molecule has 0 aliphatic rings. The highest BCUT2D eigenvalue weighted by molar-refractivity contribution is 6.28. The summed E-state index contributed by atoms with van der Waals surface area (Å²) in [6.07, 6.45) is 0. The van der Waals surface area contributed by atoms with Gasteiger partial charge in [-0.1, -0.05) is 24.3 Å². The van der Waals surface area contributed by atoms with E-state index in [1.54, 1.807) is 36.4 Å². The van der Waals surface area contributed by atoms with Crippen LogP contribution in [0.4, 0.5) is 23.3 Å². The number of hydrogen-bond acceptors (Lipinski definition) is 7. The maximum absolute atomic E-state index is 11.3. The van der Waals surface area contributed by atoms with Gasteiger partial charge in [-0.3, -0.25) is 0 Å². The molecule has 0 amide bonds. The third kappa shape index (κ3) is 4.28. The van der Waals surface area contributed by atoms with Gasteiger partial charge in [0.2, 0.25) is 17.2 Å². The minimum absolute atomic E-state index is 0.000920. The molecule has 27 heavy (non-hydrogen) atoms. The molecule has 3 aromatic rings. The van der Waals surface area contributed by atoms with Gasteiger partial charge in [0.05, 0.1) is 22.5 Å². The minimum atomic E-state index is -1.12. The molecule has 0 spiro atoms. The number of hydrogen-bond donors (Lipinski definition) is 4. The standard InChI is InChI=1S/C17H12ClN5O4/c18-15-21-16(19-11-7-3-1-5-9(11)13(24)25)23-17(22-15)20-12-8-4-2-6-10(12)14(26)27/h1-8H,(H,24,25)(H,26,27)(H2,19,20,21,22,23). The van der Waals surface area contributed by atoms with E-state index in [-0.39, 0.29) is 39.7 Å². The number of halogens is 1. The first-order chi connectivity index (χ1) is 12.9. The van der Waals surface area contributed by atoms with Crippen molar-refractivity contribution < 1.29 is 19.8 Å². The van der Waals surface area contributed by atoms with Gasteiger partial charge in [-0.05, 0) is 35.9 Å². The molecule has 0 aliphatic heterocycles. The fourth-order valence-electron chi connectivity index (χ4n) is 2.26. The first-order valence-electron chi connectivity index (χ1n) is 7.54. The van der Waals surface area contributed by atoms with Crippen LogP contribution in [-0.2, 0) is 0 Å². The van der Waals surface area contributed by atoms with E-state index in [4.69, 9.17) is 11.6 Å². The Hall–Kier alpha value is -3.72. The number of nitrogens with zero attached hydrogens (tertiary/aromatic N) is 3. The minimum Gasteiger partial charge on any atom is -0.478 e. The zero-order valence-electron chi connectivity index (χ0n) is 13.5. The predicted molar refractivity (Wildman–Crippen MR) is 98.2 cm³/mol. The lowest BCUT2D eigenvalue weighted by atomic mass is 10.2. The van der Waals surface area contributed by atoms with Crippen LogP contribution in [0.1, 0.15) is 20.7 Å². The fraction of sp³-hybridized carbons (Fsp3) is 0. The number of aromatic nitrogens is 3. The summed E-state index contributed by atoms with van der Waals surface area (Å²) < 4.78 is 0. The Balaban J connectivity index is 1.92. The van der Waals surface area contributed by atoms with Crippen molar-refractivity contribution in [2.45, 2.75) is 0 Å². The van der Waals surface area contributed by atoms with E-state index in [2.05, 4.69) is 25.6 Å². The Bertz CT molecular complexity index is 950. The summed E-state index contributed by atoms with van der Waals surface area (Å²) >= 11 is 5.91. The second-order valence-electron chi connectivity index (χ2n) is 5.20. The SMILES string of the molecule is O=C(O)c1ccccc1Nc1nc(Cl)nc(Nc2ccccc2C(=O)O)n1. The van der Waals surface area contributed by atoms with Crippen molar-refractivity contribution in [3.05, 3.63) is 64.9 Å². The topological polar surface area (TPSA) is 137 Å². The molecule has 0 radical (unpaired) electrons. The predicted octanol–water partition coefficient (Wildman–Crippen LogP) is 3.41. The van der Waals surface area contributed by atoms with Crippen LogP contribution in [0.15, 0.2) is 48.5 Å². The van der Waals surface area contributed by atoms with Gasteiger partial charge in [0.1, 0.15) is 0 Å². The molecule has 3 rings (SSSR count). The Morgan fingerprint density at radius 2 is 1.15 bits per heavy atom. The number of rotatable bonds is 6. The molecule has 9 nitrogen and oxygen atoms in total. The number of para-hydroxylation sites is 2. The molecule has 2 aromatic carbocycles. The first kappa shape index (κ1) is 18.1. The molecule has 0 atom stereocenters. The summed E-state index contributed by atoms with van der Waals surface area (Å²) in [6.45, 7) is 0. The Morgan fingerprint density at radius 1 is 0.741 bits per heavy atom. The lowest BCUT2D eigenvalue weighted by Crippen LogP contribution is -2.08. The number of benzene rings is 2. The molecule has 1 heterocycles. The van der Waals surface area contributed by atoms with Crippen molar-refractivity contribution in [1.82, 2.24) is 15.0 Å². The Kier molecular flexibility index (Phi) is 5.13. The number of anilines is 4. The summed E-state index contributed by atoms with van der Waals surface area (Å²) in [6, 6.07) is 12.4. The normalized spacial score (nSPS) is 10.3. The van der Waals surface area contributed by atoms with Gasteiger partial charge in [-0.15, -0.1) is 0 Å². The summed E-state index contributed by atoms with van der Waals surface area (Å²) in [5.74, 6) is -2.24. The van der Waals surface area contributed by atoms with E-state index in [9.17, 15) is 19.8 Å². The highest BCUT2D eigenvalue weighted by atomic mass is 35.5. The number of carboxylic acid groups (broad SMARTS) is 2. The van der Waals surface area contributed by atoms with Crippen LogP contribution in [0.2, 0.25) is 5.28 Å². The number of aromatic carboxylic acids is 2. The van der Waals surface area contributed by atoms with Gasteiger partial charge >= 0.3 is 11.9 Å². The summed E-state index contributed by atoms with van der Waals surface area (Å²) in [5, 5.41) is 23.9. The third-order valence-electron chi connectivity index (χ3n) is 3.42. The Labute approximate surface area is 157 Å². The maximum atomic E-state index is 11.3. The molecular weight excluding hydrogens is 374 g/mol. The van der Waals surface area contributed by atoms with Crippen LogP contribution in [-0.4, -0.2) is 37.1 Å². The van der Waals surface area contributed by atoms with Gasteiger partial charge in [-0.2, -0.15) is 15.0 Å². The molecule has 4 N–H and O–H groups in total. The number of carbonyl (C=O) groups is 2. The van der Waals surface area contributed by atoms with Crippen molar-refractivity contribution in [2.75, 3.05) is 10.6 Å². The summed E-state index contributed by atoms with van der Waals surface area (Å²) in [7, 11) is 0. The molecule has 0 unspecified atom stereocenters. The van der Waals surface area contributed by atoms with Crippen molar-refractivity contribution >= 4 is 46.8 Å². The first-order valence-corrected chi connectivity index (χ1v) is 7.92. The largest absolute Gasteiger partial charge is 0.478 e. The molecular formula is C17H12ClN5O4. The van der Waals surface area contributed by atoms with Crippen LogP contribution < -0.4 is 10.6 Å². The molecule has 0 saturated carbocycles. The van der Waals surface area contributed by atoms with E-state index in [1.165, 1.54) is 12.1 Å². The third-order valence-corrected chi connectivity index (χ3v) is 3.59. The lowest BCUT2D eigenvalue weighted by molar-refractivity contribution is 0.0687. The van der Waals surface area contributed by atoms with E-state index in [0.717, 1.165) is 0 Å². The highest BCUT2D eigenvalue weighted by Gasteiger charge is 2.14. The number of nitrogens with one attached hydrogen (secondary N) is 2. The molecule has 0 aliphatic carbocycles. The quantitative estimate of drug-likeness (QED) is 0.502. The van der Waals surface area contributed by atoms with Gasteiger partial charge < -0.3 is 20.8 Å². The molecule has 136 valence electrons. The van der Waals surface area contributed by atoms with Gasteiger partial charge in [0.25, 0.3) is 0 Å². The van der Waals surface area contributed by atoms with Crippen molar-refractivity contribution in [2.24, 2.45) is 0 Å². The Morgan fingerprint density at radius 3 is 1.56 bits per heavy atom. The lowest BCUT2D eigenvalue weighted by Gasteiger charge is -2.11. The van der Waals surface area contributed by atoms with Crippen LogP contribution >= 0.6 is 11.6 Å². The van der Waals surface area contributed by atoms with Crippen LogP contribution in [0.25, 0.3) is 0 Å². The van der Waals surface area contributed by atoms with Crippen molar-refractivity contribution in [3.63, 3.8) is 0 Å². The van der Waals surface area contributed by atoms with E-state index >= 15 is 0 Å². The van der Waals surface area contributed by atoms with E-state index in [0.29, 0.717) is 0 Å². The molecule has 10 heteroatoms. The maximum Gasteiger partial charge on any atom is 0.337 e. The zero-order valence-corrected chi connectivity index (χ0v) is 14.3. The van der Waals surface area contributed by atoms with Crippen LogP contribution in [0.3, 0.4) is 0 Å². The summed E-state index contributed by atoms with van der Waals surface area (Å²) in [5.41, 5.74) is 0.591. The average Bonchev–Trinajstić information content (AvgIpc) is 2.61. The second kappa shape index (κ2) is 7.67. The van der Waals surface area contributed by atoms with Crippen LogP contribution in [0.5, 0.6) is 0 Å². The van der Waals surface area contributed by atoms with Crippen molar-refractivity contribution in [3.8, 4) is 0 Å². The molecule has 0 bridgehead atoms. The highest BCUT2D eigenvalue weighted by Crippen LogP contribution is 2.23. The van der Waals surface area contributed by atoms with Gasteiger partial charge in [0, 0.05) is 0 Å². The smallest absolute Gasteiger partial charge is 0.337 e. The monoisotopic (exact) mass is 385 g/mol. The van der Waals surface area contributed by atoms with E-state index in [1.807, 2.05) is 0 Å². The molecule has 0 saturated heterocycles.